The first-order valence-corrected chi connectivity index (χ1v) is 9.15. The van der Waals surface area contributed by atoms with Crippen LogP contribution in [0.15, 0.2) is 60.8 Å². The topological polar surface area (TPSA) is 77.2 Å². The molecule has 3 N–H and O–H groups in total. The average molecular weight is 397 g/mol. The lowest BCUT2D eigenvalue weighted by Gasteiger charge is -2.17. The van der Waals surface area contributed by atoms with Crippen molar-refractivity contribution in [1.29, 1.82) is 0 Å². The van der Waals surface area contributed by atoms with Gasteiger partial charge < -0.3 is 15.8 Å². The molecule has 0 amide bonds. The molecule has 2 aromatic carbocycles. The highest BCUT2D eigenvalue weighted by Crippen LogP contribution is 2.35. The van der Waals surface area contributed by atoms with Gasteiger partial charge >= 0.3 is 5.97 Å². The van der Waals surface area contributed by atoms with Crippen LogP contribution < -0.4 is 11.1 Å². The third-order valence-electron chi connectivity index (χ3n) is 4.26. The number of carbonyl (C=O) groups is 1. The SMILES string of the molecule is COC(=O)c1ccc(Nc2ccc(C(C)(F)P)cc2)c(-c2ccnc(N)c2)c1. The second-order valence-corrected chi connectivity index (χ2v) is 7.58. The Morgan fingerprint density at radius 1 is 1.18 bits per heavy atom. The van der Waals surface area contributed by atoms with E-state index in [-0.39, 0.29) is 0 Å². The standard InChI is InChI=1S/C21H21FN3O2P/c1-21(22,28)15-4-6-16(7-5-15)25-18-8-3-14(20(26)27-2)11-17(18)13-9-10-24-19(23)12-13/h3-12,25H,28H2,1-2H3,(H2,23,24). The van der Waals surface area contributed by atoms with Crippen molar-refractivity contribution in [3.8, 4) is 11.1 Å². The quantitative estimate of drug-likeness (QED) is 0.474. The van der Waals surface area contributed by atoms with Crippen molar-refractivity contribution in [1.82, 2.24) is 4.98 Å². The molecule has 0 saturated heterocycles. The van der Waals surface area contributed by atoms with E-state index >= 15 is 0 Å². The van der Waals surface area contributed by atoms with Crippen molar-refractivity contribution in [3.63, 3.8) is 0 Å². The number of nitrogen functional groups attached to an aromatic ring is 1. The zero-order valence-electron chi connectivity index (χ0n) is 15.6. The molecule has 0 aliphatic heterocycles. The number of hydrogen-bond donors (Lipinski definition) is 2. The fourth-order valence-corrected chi connectivity index (χ4v) is 2.98. The van der Waals surface area contributed by atoms with Crippen LogP contribution in [0.5, 0.6) is 0 Å². The predicted octanol–water partition coefficient (Wildman–Crippen LogP) is 4.88. The van der Waals surface area contributed by atoms with Gasteiger partial charge in [0, 0.05) is 23.1 Å². The van der Waals surface area contributed by atoms with Crippen LogP contribution in [-0.2, 0) is 10.1 Å². The summed E-state index contributed by atoms with van der Waals surface area (Å²) in [6.07, 6.45) is 1.61. The fraction of sp³-hybridized carbons (Fsp3) is 0.143. The maximum absolute atomic E-state index is 14.0. The van der Waals surface area contributed by atoms with Crippen LogP contribution in [-0.4, -0.2) is 18.1 Å². The van der Waals surface area contributed by atoms with Crippen molar-refractivity contribution >= 4 is 32.4 Å². The van der Waals surface area contributed by atoms with Gasteiger partial charge in [-0.2, -0.15) is 0 Å². The van der Waals surface area contributed by atoms with E-state index in [4.69, 9.17) is 10.5 Å². The van der Waals surface area contributed by atoms with Crippen LogP contribution in [0, 0.1) is 0 Å². The Morgan fingerprint density at radius 2 is 1.89 bits per heavy atom. The predicted molar refractivity (Wildman–Crippen MR) is 113 cm³/mol. The van der Waals surface area contributed by atoms with Crippen LogP contribution in [0.25, 0.3) is 11.1 Å². The number of halogens is 1. The highest BCUT2D eigenvalue weighted by Gasteiger charge is 2.18. The molecule has 7 heteroatoms. The number of pyridine rings is 1. The van der Waals surface area contributed by atoms with E-state index in [1.165, 1.54) is 14.0 Å². The van der Waals surface area contributed by atoms with E-state index < -0.39 is 11.4 Å². The number of esters is 1. The first-order chi connectivity index (χ1) is 13.3. The number of benzene rings is 2. The highest BCUT2D eigenvalue weighted by atomic mass is 31.0. The molecule has 0 saturated carbocycles. The zero-order chi connectivity index (χ0) is 20.3. The lowest BCUT2D eigenvalue weighted by molar-refractivity contribution is 0.0601. The van der Waals surface area contributed by atoms with Gasteiger partial charge in [0.25, 0.3) is 0 Å². The van der Waals surface area contributed by atoms with E-state index in [1.807, 2.05) is 6.07 Å². The van der Waals surface area contributed by atoms with E-state index in [0.717, 1.165) is 22.5 Å². The maximum atomic E-state index is 14.0. The molecule has 0 radical (unpaired) electrons. The van der Waals surface area contributed by atoms with Gasteiger partial charge in [-0.25, -0.2) is 14.2 Å². The number of anilines is 3. The normalized spacial score (nSPS) is 12.9. The van der Waals surface area contributed by atoms with Crippen LogP contribution in [0.1, 0.15) is 22.8 Å². The number of nitrogens with zero attached hydrogens (tertiary/aromatic N) is 1. The second kappa shape index (κ2) is 7.95. The van der Waals surface area contributed by atoms with E-state index in [1.54, 1.807) is 54.7 Å². The smallest absolute Gasteiger partial charge is 0.337 e. The summed E-state index contributed by atoms with van der Waals surface area (Å²) in [6, 6.07) is 15.8. The number of ether oxygens (including phenoxy) is 1. The van der Waals surface area contributed by atoms with Gasteiger partial charge in [0.05, 0.1) is 12.7 Å². The number of nitrogens with two attached hydrogens (primary N) is 1. The Kier molecular flexibility index (Phi) is 5.61. The molecule has 3 rings (SSSR count). The summed E-state index contributed by atoms with van der Waals surface area (Å²) < 4.78 is 18.9. The molecule has 5 nitrogen and oxygen atoms in total. The molecule has 0 bridgehead atoms. The maximum Gasteiger partial charge on any atom is 0.337 e. The molecule has 0 aliphatic rings. The largest absolute Gasteiger partial charge is 0.465 e. The fourth-order valence-electron chi connectivity index (χ4n) is 2.79. The van der Waals surface area contributed by atoms with Crippen molar-refractivity contribution in [3.05, 3.63) is 71.9 Å². The first-order valence-electron chi connectivity index (χ1n) is 8.57. The van der Waals surface area contributed by atoms with Crippen molar-refractivity contribution < 1.29 is 13.9 Å². The Balaban J connectivity index is 2.01. The highest BCUT2D eigenvalue weighted by molar-refractivity contribution is 7.18. The van der Waals surface area contributed by atoms with Crippen molar-refractivity contribution in [2.24, 2.45) is 0 Å². The minimum Gasteiger partial charge on any atom is -0.465 e. The monoisotopic (exact) mass is 397 g/mol. The molecule has 0 spiro atoms. The summed E-state index contributed by atoms with van der Waals surface area (Å²) in [5.41, 5.74) is 9.92. The molecular formula is C21H21FN3O2P. The second-order valence-electron chi connectivity index (χ2n) is 6.50. The molecule has 0 fully saturated rings. The Labute approximate surface area is 165 Å². The summed E-state index contributed by atoms with van der Waals surface area (Å²) in [4.78, 5) is 16.0. The molecule has 1 aromatic heterocycles. The van der Waals surface area contributed by atoms with Gasteiger partial charge in [0.2, 0.25) is 0 Å². The number of carbonyl (C=O) groups excluding carboxylic acids is 1. The summed E-state index contributed by atoms with van der Waals surface area (Å²) in [5, 5.41) is 1.82. The molecular weight excluding hydrogens is 376 g/mol. The van der Waals surface area contributed by atoms with Gasteiger partial charge in [-0.3, -0.25) is 0 Å². The van der Waals surface area contributed by atoms with Gasteiger partial charge in [-0.15, -0.1) is 0 Å². The summed E-state index contributed by atoms with van der Waals surface area (Å²) >= 11 is 0. The molecule has 1 heterocycles. The van der Waals surface area contributed by atoms with Crippen molar-refractivity contribution in [2.75, 3.05) is 18.2 Å². The first kappa shape index (κ1) is 19.8. The van der Waals surface area contributed by atoms with E-state index in [0.29, 0.717) is 16.9 Å². The van der Waals surface area contributed by atoms with Crippen LogP contribution in [0.3, 0.4) is 0 Å². The minimum atomic E-state index is -1.49. The molecule has 3 aromatic rings. The molecule has 0 aliphatic carbocycles. The van der Waals surface area contributed by atoms with E-state index in [2.05, 4.69) is 19.5 Å². The van der Waals surface area contributed by atoms with Crippen LogP contribution in [0.4, 0.5) is 21.6 Å². The number of methoxy groups -OCH3 is 1. The van der Waals surface area contributed by atoms with Gasteiger partial charge in [-0.1, -0.05) is 21.4 Å². The molecule has 2 unspecified atom stereocenters. The number of rotatable bonds is 5. The lowest BCUT2D eigenvalue weighted by Crippen LogP contribution is -2.05. The number of alkyl halides is 1. The average Bonchev–Trinajstić information content (AvgIpc) is 2.67. The molecule has 2 atom stereocenters. The Bertz CT molecular complexity index is 1000. The summed E-state index contributed by atoms with van der Waals surface area (Å²) in [7, 11) is 3.52. The Morgan fingerprint density at radius 3 is 2.50 bits per heavy atom. The summed E-state index contributed by atoms with van der Waals surface area (Å²) in [6.45, 7) is 1.48. The van der Waals surface area contributed by atoms with Gasteiger partial charge in [-0.05, 0) is 60.5 Å². The third kappa shape index (κ3) is 4.46. The molecule has 144 valence electrons. The van der Waals surface area contributed by atoms with Gasteiger partial charge in [0.15, 0.2) is 0 Å². The Hall–Kier alpha value is -2.98. The zero-order valence-corrected chi connectivity index (χ0v) is 16.7. The number of nitrogens with one attached hydrogen (secondary N) is 1. The van der Waals surface area contributed by atoms with Crippen molar-refractivity contribution in [2.45, 2.75) is 12.3 Å². The lowest BCUT2D eigenvalue weighted by atomic mass is 10.0. The van der Waals surface area contributed by atoms with Crippen LogP contribution in [0.2, 0.25) is 0 Å². The van der Waals surface area contributed by atoms with Crippen LogP contribution >= 0.6 is 9.24 Å². The minimum absolute atomic E-state index is 0.374. The number of hydrogen-bond acceptors (Lipinski definition) is 5. The third-order valence-corrected chi connectivity index (χ3v) is 4.59. The number of aromatic nitrogens is 1. The molecule has 28 heavy (non-hydrogen) atoms. The van der Waals surface area contributed by atoms with Gasteiger partial charge in [0.1, 0.15) is 11.2 Å². The van der Waals surface area contributed by atoms with E-state index in [9.17, 15) is 9.18 Å². The summed E-state index contributed by atoms with van der Waals surface area (Å²) in [5.74, 6) is -0.0548.